The first-order valence-electron chi connectivity index (χ1n) is 9.79. The van der Waals surface area contributed by atoms with E-state index >= 15 is 0 Å². The quantitative estimate of drug-likeness (QED) is 0.835. The van der Waals surface area contributed by atoms with Crippen molar-refractivity contribution in [2.75, 3.05) is 40.4 Å². The van der Waals surface area contributed by atoms with Gasteiger partial charge in [0.15, 0.2) is 0 Å². The third-order valence-corrected chi connectivity index (χ3v) is 6.62. The lowest BCUT2D eigenvalue weighted by atomic mass is 9.69. The minimum atomic E-state index is -0.284. The number of H-pyrrole nitrogens is 1. The van der Waals surface area contributed by atoms with Crippen LogP contribution in [0.5, 0.6) is 5.75 Å². The van der Waals surface area contributed by atoms with Gasteiger partial charge in [0.1, 0.15) is 11.3 Å². The van der Waals surface area contributed by atoms with Crippen molar-refractivity contribution in [2.45, 2.75) is 25.3 Å². The van der Waals surface area contributed by atoms with Crippen molar-refractivity contribution in [2.24, 2.45) is 5.41 Å². The van der Waals surface area contributed by atoms with Crippen LogP contribution in [0.15, 0.2) is 29.2 Å². The van der Waals surface area contributed by atoms with Gasteiger partial charge in [-0.3, -0.25) is 9.59 Å². The van der Waals surface area contributed by atoms with E-state index in [0.29, 0.717) is 29.7 Å². The second-order valence-electron chi connectivity index (χ2n) is 8.06. The first-order chi connectivity index (χ1) is 13.5. The molecule has 2 aliphatic heterocycles. The molecule has 0 radical (unpaired) electrons. The highest BCUT2D eigenvalue weighted by Gasteiger charge is 2.47. The number of rotatable bonds is 3. The van der Waals surface area contributed by atoms with E-state index < -0.39 is 0 Å². The first kappa shape index (κ1) is 19.0. The summed E-state index contributed by atoms with van der Waals surface area (Å²) in [6, 6.07) is 5.32. The summed E-state index contributed by atoms with van der Waals surface area (Å²) in [4.78, 5) is 33.2. The maximum Gasteiger partial charge on any atom is 0.259 e. The molecule has 0 spiro atoms. The van der Waals surface area contributed by atoms with Crippen molar-refractivity contribution in [1.82, 2.24) is 14.8 Å². The van der Waals surface area contributed by atoms with Gasteiger partial charge in [0, 0.05) is 41.6 Å². The molecule has 150 valence electrons. The normalized spacial score (nSPS) is 25.5. The number of nitrogens with one attached hydrogen (secondary N) is 1. The van der Waals surface area contributed by atoms with Gasteiger partial charge in [-0.25, -0.2) is 0 Å². The van der Waals surface area contributed by atoms with Gasteiger partial charge < -0.3 is 24.6 Å². The van der Waals surface area contributed by atoms with E-state index in [1.807, 2.05) is 0 Å². The molecular formula is C21H27N3O4. The molecule has 7 heteroatoms. The number of ether oxygens (including phenoxy) is 1. The number of aliphatic hydroxyl groups is 1. The molecule has 2 atom stereocenters. The molecule has 28 heavy (non-hydrogen) atoms. The van der Waals surface area contributed by atoms with Crippen LogP contribution in [-0.2, 0) is 0 Å². The van der Waals surface area contributed by atoms with E-state index in [-0.39, 0.29) is 35.0 Å². The van der Waals surface area contributed by atoms with Crippen LogP contribution in [0.25, 0.3) is 10.9 Å². The number of aromatic nitrogens is 1. The van der Waals surface area contributed by atoms with Gasteiger partial charge in [-0.15, -0.1) is 0 Å². The van der Waals surface area contributed by atoms with Crippen molar-refractivity contribution in [1.29, 1.82) is 0 Å². The van der Waals surface area contributed by atoms with Gasteiger partial charge in [0.25, 0.3) is 5.91 Å². The smallest absolute Gasteiger partial charge is 0.259 e. The Morgan fingerprint density at radius 3 is 2.93 bits per heavy atom. The Morgan fingerprint density at radius 2 is 2.18 bits per heavy atom. The molecular weight excluding hydrogens is 358 g/mol. The molecule has 0 bridgehead atoms. The Morgan fingerprint density at radius 1 is 1.36 bits per heavy atom. The first-order valence-corrected chi connectivity index (χ1v) is 9.79. The minimum absolute atomic E-state index is 0.114. The Balaban J connectivity index is 1.65. The predicted molar refractivity (Wildman–Crippen MR) is 107 cm³/mol. The summed E-state index contributed by atoms with van der Waals surface area (Å²) in [5.41, 5.74) is 0.393. The molecule has 0 unspecified atom stereocenters. The fourth-order valence-electron chi connectivity index (χ4n) is 4.85. The van der Waals surface area contributed by atoms with Crippen LogP contribution in [0.1, 0.15) is 29.6 Å². The van der Waals surface area contributed by atoms with Crippen LogP contribution in [-0.4, -0.2) is 72.2 Å². The molecule has 7 nitrogen and oxygen atoms in total. The fourth-order valence-corrected chi connectivity index (χ4v) is 4.85. The molecule has 3 heterocycles. The van der Waals surface area contributed by atoms with Gasteiger partial charge in [-0.05, 0) is 51.1 Å². The molecule has 2 fully saturated rings. The number of benzene rings is 1. The lowest BCUT2D eigenvalue weighted by molar-refractivity contribution is -0.0601. The van der Waals surface area contributed by atoms with Gasteiger partial charge in [0.2, 0.25) is 5.43 Å². The van der Waals surface area contributed by atoms with Crippen LogP contribution in [0.3, 0.4) is 0 Å². The SMILES string of the molecule is COc1ccc2[nH]cc(C(=O)N3CC[C@@]4(CO)CCCN(C)[C@@H]4C3)c(=O)c2c1. The molecule has 4 rings (SSSR count). The number of likely N-dealkylation sites (tertiary alicyclic amines) is 2. The van der Waals surface area contributed by atoms with E-state index in [1.54, 1.807) is 30.2 Å². The largest absolute Gasteiger partial charge is 0.497 e. The number of aromatic amines is 1. The zero-order valence-electron chi connectivity index (χ0n) is 16.4. The number of nitrogens with zero attached hydrogens (tertiary/aromatic N) is 2. The Labute approximate surface area is 163 Å². The number of carbonyl (C=O) groups excluding carboxylic acids is 1. The number of amides is 1. The molecule has 2 saturated heterocycles. The molecule has 1 aromatic heterocycles. The lowest BCUT2D eigenvalue weighted by Crippen LogP contribution is -2.62. The Bertz CT molecular complexity index is 956. The summed E-state index contributed by atoms with van der Waals surface area (Å²) < 4.78 is 5.21. The Kier molecular flexibility index (Phi) is 4.89. The van der Waals surface area contributed by atoms with Crippen molar-refractivity contribution in [3.05, 3.63) is 40.2 Å². The van der Waals surface area contributed by atoms with E-state index in [9.17, 15) is 14.7 Å². The number of methoxy groups -OCH3 is 1. The highest BCUT2D eigenvalue weighted by atomic mass is 16.5. The van der Waals surface area contributed by atoms with E-state index in [4.69, 9.17) is 4.74 Å². The summed E-state index contributed by atoms with van der Waals surface area (Å²) in [6.07, 6.45) is 4.31. The van der Waals surface area contributed by atoms with E-state index in [0.717, 1.165) is 25.8 Å². The van der Waals surface area contributed by atoms with Crippen LogP contribution in [0.2, 0.25) is 0 Å². The van der Waals surface area contributed by atoms with Crippen LogP contribution in [0, 0.1) is 5.41 Å². The van der Waals surface area contributed by atoms with Crippen LogP contribution >= 0.6 is 0 Å². The highest BCUT2D eigenvalue weighted by Crippen LogP contribution is 2.41. The molecule has 0 aliphatic carbocycles. The highest BCUT2D eigenvalue weighted by molar-refractivity contribution is 5.97. The van der Waals surface area contributed by atoms with Gasteiger partial charge in [-0.1, -0.05) is 0 Å². The maximum absolute atomic E-state index is 13.2. The number of hydrogen-bond donors (Lipinski definition) is 2. The Hall–Kier alpha value is -2.38. The molecule has 2 N–H and O–H groups in total. The van der Waals surface area contributed by atoms with E-state index in [2.05, 4.69) is 16.9 Å². The summed E-state index contributed by atoms with van der Waals surface area (Å²) >= 11 is 0. The number of piperidine rings is 2. The zero-order chi connectivity index (χ0) is 19.9. The number of aliphatic hydroxyl groups excluding tert-OH is 1. The minimum Gasteiger partial charge on any atom is -0.497 e. The number of carbonyl (C=O) groups is 1. The second kappa shape index (κ2) is 7.22. The molecule has 1 amide bonds. The number of fused-ring (bicyclic) bond motifs is 2. The number of likely N-dealkylation sites (N-methyl/N-ethyl adjacent to an activating group) is 1. The van der Waals surface area contributed by atoms with Gasteiger partial charge in [-0.2, -0.15) is 0 Å². The fraction of sp³-hybridized carbons (Fsp3) is 0.524. The molecule has 2 aliphatic rings. The summed E-state index contributed by atoms with van der Waals surface area (Å²) in [5, 5.41) is 10.5. The predicted octanol–water partition coefficient (Wildman–Crippen LogP) is 1.46. The summed E-state index contributed by atoms with van der Waals surface area (Å²) in [6.45, 7) is 2.19. The van der Waals surface area contributed by atoms with Crippen molar-refractivity contribution in [3.8, 4) is 5.75 Å². The van der Waals surface area contributed by atoms with Crippen LogP contribution in [0.4, 0.5) is 0 Å². The molecule has 1 aromatic carbocycles. The maximum atomic E-state index is 13.2. The van der Waals surface area contributed by atoms with Crippen molar-refractivity contribution < 1.29 is 14.6 Å². The average molecular weight is 385 g/mol. The second-order valence-corrected chi connectivity index (χ2v) is 8.06. The number of pyridine rings is 1. The molecule has 2 aromatic rings. The van der Waals surface area contributed by atoms with Crippen molar-refractivity contribution in [3.63, 3.8) is 0 Å². The van der Waals surface area contributed by atoms with E-state index in [1.165, 1.54) is 6.20 Å². The third-order valence-electron chi connectivity index (χ3n) is 6.62. The van der Waals surface area contributed by atoms with Crippen LogP contribution < -0.4 is 10.2 Å². The molecule has 0 saturated carbocycles. The monoisotopic (exact) mass is 385 g/mol. The van der Waals surface area contributed by atoms with Crippen molar-refractivity contribution >= 4 is 16.8 Å². The topological polar surface area (TPSA) is 85.9 Å². The summed E-state index contributed by atoms with van der Waals surface area (Å²) in [7, 11) is 3.60. The third kappa shape index (κ3) is 2.99. The lowest BCUT2D eigenvalue weighted by Gasteiger charge is -2.53. The zero-order valence-corrected chi connectivity index (χ0v) is 16.4. The number of hydrogen-bond acceptors (Lipinski definition) is 5. The summed E-state index contributed by atoms with van der Waals surface area (Å²) in [5.74, 6) is 0.327. The average Bonchev–Trinajstić information content (AvgIpc) is 2.73. The van der Waals surface area contributed by atoms with Gasteiger partial charge >= 0.3 is 0 Å². The standard InChI is InChI=1S/C21H27N3O4/c1-23-8-3-6-21(13-25)7-9-24(12-18(21)23)20(27)16-11-22-17-5-4-14(28-2)10-15(17)19(16)26/h4-5,10-11,18,25H,3,6-9,12-13H2,1-2H3,(H,22,26)/t18-,21-/m1/s1. The van der Waals surface area contributed by atoms with Gasteiger partial charge in [0.05, 0.1) is 13.7 Å².